The molecule has 2 unspecified atom stereocenters. The minimum absolute atomic E-state index is 0. The summed E-state index contributed by atoms with van der Waals surface area (Å²) < 4.78 is 32.4. The van der Waals surface area contributed by atoms with Crippen LogP contribution in [0.1, 0.15) is 57.8 Å². The number of halogens is 3. The summed E-state index contributed by atoms with van der Waals surface area (Å²) in [7, 11) is 0. The zero-order valence-corrected chi connectivity index (χ0v) is 14.0. The fraction of sp³-hybridized carbons (Fsp3) is 0.938. The number of carbonyl (C=O) groups excluding carboxylic acids is 1. The summed E-state index contributed by atoms with van der Waals surface area (Å²) in [6.07, 6.45) is 5.29. The van der Waals surface area contributed by atoms with Gasteiger partial charge < -0.3 is 15.0 Å². The van der Waals surface area contributed by atoms with Gasteiger partial charge in [0, 0.05) is 56.8 Å². The first-order chi connectivity index (χ1) is 10.4. The van der Waals surface area contributed by atoms with Crippen LogP contribution in [0.4, 0.5) is 13.6 Å². The second-order valence-corrected chi connectivity index (χ2v) is 7.63. The van der Waals surface area contributed by atoms with Gasteiger partial charge in [-0.15, -0.1) is 12.4 Å². The van der Waals surface area contributed by atoms with E-state index in [2.05, 4.69) is 5.32 Å². The van der Waals surface area contributed by atoms with Gasteiger partial charge in [-0.1, -0.05) is 0 Å². The Morgan fingerprint density at radius 1 is 1.04 bits per heavy atom. The summed E-state index contributed by atoms with van der Waals surface area (Å²) in [6, 6.07) is 0.890. The van der Waals surface area contributed by atoms with Crippen molar-refractivity contribution in [1.29, 1.82) is 0 Å². The molecule has 3 saturated heterocycles. The van der Waals surface area contributed by atoms with Gasteiger partial charge in [0.25, 0.3) is 0 Å². The van der Waals surface area contributed by atoms with Crippen molar-refractivity contribution in [3.8, 4) is 0 Å². The summed E-state index contributed by atoms with van der Waals surface area (Å²) >= 11 is 0. The lowest BCUT2D eigenvalue weighted by Gasteiger charge is -2.48. The van der Waals surface area contributed by atoms with E-state index in [0.29, 0.717) is 31.5 Å². The first-order valence-electron chi connectivity index (χ1n) is 8.58. The number of nitrogens with one attached hydrogen (secondary N) is 1. The maximum atomic E-state index is 13.3. The van der Waals surface area contributed by atoms with Gasteiger partial charge in [0.05, 0.1) is 0 Å². The van der Waals surface area contributed by atoms with Crippen molar-refractivity contribution in [1.82, 2.24) is 10.2 Å². The largest absolute Gasteiger partial charge is 0.443 e. The molecule has 0 aromatic rings. The molecule has 23 heavy (non-hydrogen) atoms. The van der Waals surface area contributed by atoms with Crippen LogP contribution in [0, 0.1) is 0 Å². The van der Waals surface area contributed by atoms with Crippen LogP contribution in [-0.4, -0.2) is 47.2 Å². The van der Waals surface area contributed by atoms with Crippen molar-refractivity contribution >= 4 is 18.5 Å². The number of alkyl halides is 2. The molecular formula is C16H25ClF2N2O2. The number of piperidine rings is 1. The predicted octanol–water partition coefficient (Wildman–Crippen LogP) is 3.48. The third kappa shape index (κ3) is 3.29. The van der Waals surface area contributed by atoms with Gasteiger partial charge in [0.2, 0.25) is 5.92 Å². The van der Waals surface area contributed by atoms with Crippen LogP contribution in [-0.2, 0) is 4.74 Å². The van der Waals surface area contributed by atoms with E-state index in [-0.39, 0.29) is 43.0 Å². The molecule has 0 aromatic carbocycles. The Morgan fingerprint density at radius 3 is 2.22 bits per heavy atom. The topological polar surface area (TPSA) is 41.6 Å². The predicted molar refractivity (Wildman–Crippen MR) is 84.2 cm³/mol. The highest BCUT2D eigenvalue weighted by Crippen LogP contribution is 2.43. The second kappa shape index (κ2) is 6.03. The lowest BCUT2D eigenvalue weighted by atomic mass is 9.83. The van der Waals surface area contributed by atoms with Crippen molar-refractivity contribution < 1.29 is 18.3 Å². The van der Waals surface area contributed by atoms with E-state index >= 15 is 0 Å². The van der Waals surface area contributed by atoms with Gasteiger partial charge in [0.1, 0.15) is 5.60 Å². The Labute approximate surface area is 141 Å². The van der Waals surface area contributed by atoms with Crippen LogP contribution in [0.5, 0.6) is 0 Å². The summed E-state index contributed by atoms with van der Waals surface area (Å²) in [5.41, 5.74) is -0.302. The number of carbonyl (C=O) groups is 1. The lowest BCUT2D eigenvalue weighted by molar-refractivity contribution is -0.0966. The highest BCUT2D eigenvalue weighted by Gasteiger charge is 2.50. The molecule has 3 heterocycles. The van der Waals surface area contributed by atoms with Gasteiger partial charge in [0.15, 0.2) is 0 Å². The Kier molecular flexibility index (Phi) is 4.51. The van der Waals surface area contributed by atoms with Gasteiger partial charge in [-0.25, -0.2) is 13.6 Å². The second-order valence-electron chi connectivity index (χ2n) is 7.63. The van der Waals surface area contributed by atoms with Crippen LogP contribution >= 0.6 is 12.4 Å². The lowest BCUT2D eigenvalue weighted by Crippen LogP contribution is -2.58. The van der Waals surface area contributed by atoms with Crippen molar-refractivity contribution in [2.24, 2.45) is 0 Å². The molecular weight excluding hydrogens is 326 g/mol. The molecule has 1 amide bonds. The van der Waals surface area contributed by atoms with Crippen LogP contribution < -0.4 is 5.32 Å². The van der Waals surface area contributed by atoms with E-state index in [1.165, 1.54) is 12.8 Å². The van der Waals surface area contributed by atoms with Crippen LogP contribution in [0.15, 0.2) is 0 Å². The van der Waals surface area contributed by atoms with E-state index < -0.39 is 5.92 Å². The number of ether oxygens (including phenoxy) is 1. The summed E-state index contributed by atoms with van der Waals surface area (Å²) in [4.78, 5) is 14.2. The van der Waals surface area contributed by atoms with E-state index in [0.717, 1.165) is 19.3 Å². The average molecular weight is 351 g/mol. The first kappa shape index (κ1) is 17.2. The van der Waals surface area contributed by atoms with E-state index in [1.54, 1.807) is 4.90 Å². The Morgan fingerprint density at radius 2 is 1.65 bits per heavy atom. The number of fused-ring (bicyclic) bond motifs is 2. The molecule has 132 valence electrons. The molecule has 0 aromatic heterocycles. The van der Waals surface area contributed by atoms with Crippen LogP contribution in [0.2, 0.25) is 0 Å². The highest BCUT2D eigenvalue weighted by molar-refractivity contribution is 5.85. The maximum absolute atomic E-state index is 13.3. The standard InChI is InChI=1S/C16H24F2N2O2.ClH/c17-16(18)5-3-13(4-6-16)20-8-7-15(22-14(20)21)9-11-1-2-12(10-15)19-11;/h11-13,19H,1-10H2;1H. The minimum Gasteiger partial charge on any atom is -0.443 e. The monoisotopic (exact) mass is 350 g/mol. The number of hydrogen-bond donors (Lipinski definition) is 1. The molecule has 4 nitrogen and oxygen atoms in total. The van der Waals surface area contributed by atoms with Crippen molar-refractivity contribution in [3.05, 3.63) is 0 Å². The van der Waals surface area contributed by atoms with E-state index in [4.69, 9.17) is 4.74 Å². The first-order valence-corrected chi connectivity index (χ1v) is 8.58. The molecule has 2 atom stereocenters. The van der Waals surface area contributed by atoms with Crippen molar-refractivity contribution in [3.63, 3.8) is 0 Å². The number of rotatable bonds is 1. The molecule has 1 spiro atoms. The molecule has 4 aliphatic rings. The summed E-state index contributed by atoms with van der Waals surface area (Å²) in [5.74, 6) is -2.55. The van der Waals surface area contributed by atoms with Gasteiger partial charge in [-0.05, 0) is 25.7 Å². The number of amides is 1. The van der Waals surface area contributed by atoms with Crippen LogP contribution in [0.25, 0.3) is 0 Å². The van der Waals surface area contributed by atoms with Crippen molar-refractivity contribution in [2.75, 3.05) is 6.54 Å². The fourth-order valence-electron chi connectivity index (χ4n) is 4.87. The Bertz CT molecular complexity index is 455. The molecule has 1 N–H and O–H groups in total. The fourth-order valence-corrected chi connectivity index (χ4v) is 4.87. The molecule has 0 radical (unpaired) electrons. The Balaban J connectivity index is 0.00000156. The molecule has 4 rings (SSSR count). The number of hydrogen-bond acceptors (Lipinski definition) is 3. The molecule has 1 aliphatic carbocycles. The maximum Gasteiger partial charge on any atom is 0.410 e. The molecule has 7 heteroatoms. The van der Waals surface area contributed by atoms with Gasteiger partial charge in [-0.2, -0.15) is 0 Å². The third-order valence-corrected chi connectivity index (χ3v) is 6.05. The van der Waals surface area contributed by atoms with Gasteiger partial charge in [-0.3, -0.25) is 0 Å². The Hall–Kier alpha value is -0.620. The molecule has 2 bridgehead atoms. The molecule has 3 aliphatic heterocycles. The summed E-state index contributed by atoms with van der Waals surface area (Å²) in [6.45, 7) is 0.661. The smallest absolute Gasteiger partial charge is 0.410 e. The normalized spacial score (nSPS) is 39.9. The zero-order valence-electron chi connectivity index (χ0n) is 13.2. The van der Waals surface area contributed by atoms with E-state index in [9.17, 15) is 13.6 Å². The third-order valence-electron chi connectivity index (χ3n) is 6.05. The minimum atomic E-state index is -2.55. The number of nitrogens with zero attached hydrogens (tertiary/aromatic N) is 1. The van der Waals surface area contributed by atoms with Crippen molar-refractivity contribution in [2.45, 2.75) is 87.4 Å². The van der Waals surface area contributed by atoms with Crippen LogP contribution in [0.3, 0.4) is 0 Å². The molecule has 1 saturated carbocycles. The van der Waals surface area contributed by atoms with Gasteiger partial charge >= 0.3 is 6.09 Å². The average Bonchev–Trinajstić information content (AvgIpc) is 2.80. The zero-order chi connectivity index (χ0) is 15.4. The SMILES string of the molecule is Cl.O=C1OC2(CCN1C1CCC(F)(F)CC1)CC1CCC(C2)N1. The van der Waals surface area contributed by atoms with E-state index in [1.807, 2.05) is 0 Å². The quantitative estimate of drug-likeness (QED) is 0.787. The summed E-state index contributed by atoms with van der Waals surface area (Å²) in [5, 5.41) is 3.57. The highest BCUT2D eigenvalue weighted by atomic mass is 35.5. The molecule has 4 fully saturated rings.